The summed E-state index contributed by atoms with van der Waals surface area (Å²) >= 11 is 0. The Kier molecular flexibility index (Phi) is 3.32. The maximum absolute atomic E-state index is 11.6. The normalized spacial score (nSPS) is 22.9. The van der Waals surface area contributed by atoms with E-state index in [1.807, 2.05) is 33.8 Å². The van der Waals surface area contributed by atoms with Crippen molar-refractivity contribution in [3.05, 3.63) is 11.6 Å². The number of carbonyl (C=O) groups excluding carboxylic acids is 1. The van der Waals surface area contributed by atoms with Gasteiger partial charge in [0.05, 0.1) is 5.41 Å². The van der Waals surface area contributed by atoms with Gasteiger partial charge in [-0.25, -0.2) is 0 Å². The van der Waals surface area contributed by atoms with E-state index >= 15 is 0 Å². The molecule has 3 nitrogen and oxygen atoms in total. The van der Waals surface area contributed by atoms with Crippen LogP contribution in [0.25, 0.3) is 0 Å². The van der Waals surface area contributed by atoms with Gasteiger partial charge in [-0.1, -0.05) is 5.57 Å². The Labute approximate surface area is 85.5 Å². The molecule has 0 aromatic carbocycles. The van der Waals surface area contributed by atoms with Crippen LogP contribution in [0.2, 0.25) is 0 Å². The molecule has 0 radical (unpaired) electrons. The van der Waals surface area contributed by atoms with Crippen molar-refractivity contribution in [2.75, 3.05) is 13.1 Å². The third-order valence-electron chi connectivity index (χ3n) is 2.09. The molecule has 3 heteroatoms. The van der Waals surface area contributed by atoms with Gasteiger partial charge in [0.15, 0.2) is 0 Å². The van der Waals surface area contributed by atoms with Crippen molar-refractivity contribution in [1.29, 1.82) is 0 Å². The molecule has 80 valence electrons. The fourth-order valence-corrected chi connectivity index (χ4v) is 1.24. The van der Waals surface area contributed by atoms with Crippen molar-refractivity contribution in [2.24, 2.45) is 5.41 Å². The zero-order valence-electron chi connectivity index (χ0n) is 9.39. The molecule has 0 aliphatic carbocycles. The van der Waals surface area contributed by atoms with Gasteiger partial charge in [0.1, 0.15) is 6.10 Å². The van der Waals surface area contributed by atoms with Gasteiger partial charge in [0.2, 0.25) is 0 Å². The van der Waals surface area contributed by atoms with Crippen LogP contribution in [0, 0.1) is 5.41 Å². The molecule has 0 aromatic rings. The zero-order valence-corrected chi connectivity index (χ0v) is 9.39. The lowest BCUT2D eigenvalue weighted by Crippen LogP contribution is -2.37. The number of esters is 1. The highest BCUT2D eigenvalue weighted by atomic mass is 16.5. The van der Waals surface area contributed by atoms with Crippen molar-refractivity contribution in [2.45, 2.75) is 33.8 Å². The number of rotatable bonds is 1. The highest BCUT2D eigenvalue weighted by molar-refractivity contribution is 5.75. The van der Waals surface area contributed by atoms with Gasteiger partial charge in [-0.15, -0.1) is 0 Å². The fourth-order valence-electron chi connectivity index (χ4n) is 1.24. The first-order valence-electron chi connectivity index (χ1n) is 4.98. The molecule has 0 saturated heterocycles. The lowest BCUT2D eigenvalue weighted by atomic mass is 9.97. The number of carbonyl (C=O) groups is 1. The number of ether oxygens (including phenoxy) is 1. The Morgan fingerprint density at radius 1 is 1.57 bits per heavy atom. The first-order valence-corrected chi connectivity index (χ1v) is 4.98. The Morgan fingerprint density at radius 2 is 2.21 bits per heavy atom. The van der Waals surface area contributed by atoms with Gasteiger partial charge >= 0.3 is 5.97 Å². The van der Waals surface area contributed by atoms with Crippen LogP contribution in [0.1, 0.15) is 27.7 Å². The number of nitrogens with one attached hydrogen (secondary N) is 1. The van der Waals surface area contributed by atoms with Crippen LogP contribution < -0.4 is 5.32 Å². The molecule has 0 fully saturated rings. The summed E-state index contributed by atoms with van der Waals surface area (Å²) < 4.78 is 5.35. The minimum Gasteiger partial charge on any atom is -0.456 e. The van der Waals surface area contributed by atoms with Gasteiger partial charge in [0.25, 0.3) is 0 Å². The summed E-state index contributed by atoms with van der Waals surface area (Å²) in [5, 5.41) is 3.20. The highest BCUT2D eigenvalue weighted by Gasteiger charge is 2.26. The van der Waals surface area contributed by atoms with Gasteiger partial charge in [-0.3, -0.25) is 4.79 Å². The predicted molar refractivity (Wildman–Crippen MR) is 56.0 cm³/mol. The molecule has 1 aliphatic rings. The van der Waals surface area contributed by atoms with Crippen molar-refractivity contribution in [3.63, 3.8) is 0 Å². The van der Waals surface area contributed by atoms with Crippen LogP contribution in [0.4, 0.5) is 0 Å². The van der Waals surface area contributed by atoms with E-state index in [2.05, 4.69) is 5.32 Å². The van der Waals surface area contributed by atoms with Crippen LogP contribution in [0.15, 0.2) is 11.6 Å². The maximum atomic E-state index is 11.6. The van der Waals surface area contributed by atoms with E-state index in [9.17, 15) is 4.79 Å². The summed E-state index contributed by atoms with van der Waals surface area (Å²) in [6, 6.07) is 0. The second-order valence-corrected chi connectivity index (χ2v) is 4.84. The molecule has 1 aliphatic heterocycles. The van der Waals surface area contributed by atoms with E-state index in [0.717, 1.165) is 13.1 Å². The van der Waals surface area contributed by atoms with Crippen molar-refractivity contribution < 1.29 is 9.53 Å². The van der Waals surface area contributed by atoms with Gasteiger partial charge in [-0.2, -0.15) is 0 Å². The Morgan fingerprint density at radius 3 is 2.71 bits per heavy atom. The molecule has 1 rings (SSSR count). The standard InChI is InChI=1S/C11H19NO2/c1-8-5-9(7-12-6-8)14-10(13)11(2,3)4/h5,9,12H,6-7H2,1-4H3. The highest BCUT2D eigenvalue weighted by Crippen LogP contribution is 2.17. The summed E-state index contributed by atoms with van der Waals surface area (Å²) in [7, 11) is 0. The topological polar surface area (TPSA) is 38.3 Å². The second-order valence-electron chi connectivity index (χ2n) is 4.84. The second kappa shape index (κ2) is 4.13. The molecule has 0 spiro atoms. The molecule has 0 bridgehead atoms. The number of hydrogen-bond donors (Lipinski definition) is 1. The minimum absolute atomic E-state index is 0.101. The molecule has 1 atom stereocenters. The van der Waals surface area contributed by atoms with E-state index in [4.69, 9.17) is 4.74 Å². The lowest BCUT2D eigenvalue weighted by molar-refractivity contribution is -0.156. The van der Waals surface area contributed by atoms with E-state index in [1.165, 1.54) is 5.57 Å². The first-order chi connectivity index (χ1) is 6.39. The quantitative estimate of drug-likeness (QED) is 0.511. The van der Waals surface area contributed by atoms with Crippen LogP contribution in [-0.4, -0.2) is 25.2 Å². The van der Waals surface area contributed by atoms with Crippen LogP contribution >= 0.6 is 0 Å². The van der Waals surface area contributed by atoms with Crippen LogP contribution in [0.3, 0.4) is 0 Å². The van der Waals surface area contributed by atoms with E-state index in [0.29, 0.717) is 0 Å². The third kappa shape index (κ3) is 3.14. The fraction of sp³-hybridized carbons (Fsp3) is 0.727. The summed E-state index contributed by atoms with van der Waals surface area (Å²) in [6.07, 6.45) is 1.91. The predicted octanol–water partition coefficient (Wildman–Crippen LogP) is 1.49. The minimum atomic E-state index is -0.417. The Balaban J connectivity index is 2.53. The van der Waals surface area contributed by atoms with Gasteiger partial charge in [0, 0.05) is 13.1 Å². The summed E-state index contributed by atoms with van der Waals surface area (Å²) in [6.45, 7) is 9.24. The SMILES string of the molecule is CC1=CC(OC(=O)C(C)(C)C)CNC1. The van der Waals surface area contributed by atoms with E-state index < -0.39 is 5.41 Å². The van der Waals surface area contributed by atoms with E-state index in [-0.39, 0.29) is 12.1 Å². The molecule has 0 aromatic heterocycles. The zero-order chi connectivity index (χ0) is 10.8. The molecule has 1 heterocycles. The Hall–Kier alpha value is -0.830. The van der Waals surface area contributed by atoms with Crippen LogP contribution in [0.5, 0.6) is 0 Å². The first kappa shape index (κ1) is 11.2. The van der Waals surface area contributed by atoms with Gasteiger partial charge in [-0.05, 0) is 33.8 Å². The molecule has 1 N–H and O–H groups in total. The maximum Gasteiger partial charge on any atom is 0.311 e. The lowest BCUT2D eigenvalue weighted by Gasteiger charge is -2.24. The average molecular weight is 197 g/mol. The summed E-state index contributed by atoms with van der Waals surface area (Å²) in [4.78, 5) is 11.6. The number of hydrogen-bond acceptors (Lipinski definition) is 3. The van der Waals surface area contributed by atoms with E-state index in [1.54, 1.807) is 0 Å². The van der Waals surface area contributed by atoms with Crippen molar-refractivity contribution >= 4 is 5.97 Å². The average Bonchev–Trinajstić information content (AvgIpc) is 2.02. The largest absolute Gasteiger partial charge is 0.456 e. The summed E-state index contributed by atoms with van der Waals surface area (Å²) in [5.41, 5.74) is 0.807. The van der Waals surface area contributed by atoms with Crippen LogP contribution in [-0.2, 0) is 9.53 Å². The third-order valence-corrected chi connectivity index (χ3v) is 2.09. The molecule has 0 saturated carbocycles. The Bertz CT molecular complexity index is 251. The van der Waals surface area contributed by atoms with Gasteiger partial charge < -0.3 is 10.1 Å². The molecule has 1 unspecified atom stereocenters. The molecule has 0 amide bonds. The molecular formula is C11H19NO2. The summed E-state index contributed by atoms with van der Waals surface area (Å²) in [5.74, 6) is -0.143. The van der Waals surface area contributed by atoms with Crippen molar-refractivity contribution in [3.8, 4) is 0 Å². The molecule has 14 heavy (non-hydrogen) atoms. The van der Waals surface area contributed by atoms with Crippen molar-refractivity contribution in [1.82, 2.24) is 5.32 Å². The monoisotopic (exact) mass is 197 g/mol. The smallest absolute Gasteiger partial charge is 0.311 e. The molecular weight excluding hydrogens is 178 g/mol.